The Balaban J connectivity index is 0.000000321. The highest BCUT2D eigenvalue weighted by Crippen LogP contribution is 2.33. The number of anilines is 3. The number of nitrogens with zero attached hydrogens (tertiary/aromatic N) is 4. The van der Waals surface area contributed by atoms with Crippen molar-refractivity contribution in [1.82, 2.24) is 20.2 Å². The summed E-state index contributed by atoms with van der Waals surface area (Å²) in [6.07, 6.45) is 4.28. The van der Waals surface area contributed by atoms with E-state index in [0.29, 0.717) is 5.95 Å². The summed E-state index contributed by atoms with van der Waals surface area (Å²) in [6.45, 7) is 21.5. The molecule has 0 atom stereocenters. The number of hydrogen-bond acceptors (Lipinski definition) is 7. The highest BCUT2D eigenvalue weighted by atomic mass is 16.5. The number of methoxy groups -OCH3 is 1. The molecule has 2 saturated heterocycles. The summed E-state index contributed by atoms with van der Waals surface area (Å²) in [5.74, 6) is 2.24. The predicted molar refractivity (Wildman–Crippen MR) is 174 cm³/mol. The molecule has 0 bridgehead atoms. The Hall–Kier alpha value is -3.16. The average Bonchev–Trinajstić information content (AvgIpc) is 2.97. The molecule has 5 rings (SSSR count). The summed E-state index contributed by atoms with van der Waals surface area (Å²) in [6, 6.07) is 15.4. The van der Waals surface area contributed by atoms with Gasteiger partial charge >= 0.3 is 0 Å². The summed E-state index contributed by atoms with van der Waals surface area (Å²) in [4.78, 5) is 14.0. The smallest absolute Gasteiger partial charge is 0.227 e. The Bertz CT molecular complexity index is 1180. The van der Waals surface area contributed by atoms with E-state index in [0.717, 1.165) is 60.8 Å². The molecule has 1 aromatic heterocycles. The molecule has 224 valence electrons. The highest BCUT2D eigenvalue weighted by molar-refractivity contribution is 5.68. The van der Waals surface area contributed by atoms with Crippen LogP contribution in [0.1, 0.15) is 56.0 Å². The van der Waals surface area contributed by atoms with Gasteiger partial charge in [0, 0.05) is 69.0 Å². The summed E-state index contributed by atoms with van der Waals surface area (Å²) in [7, 11) is 1.71. The molecule has 2 N–H and O–H groups in total. The molecule has 7 heteroatoms. The van der Waals surface area contributed by atoms with Gasteiger partial charge < -0.3 is 20.3 Å². The van der Waals surface area contributed by atoms with Crippen molar-refractivity contribution in [3.05, 3.63) is 71.0 Å². The minimum absolute atomic E-state index is 0.594. The van der Waals surface area contributed by atoms with Crippen LogP contribution in [0.2, 0.25) is 0 Å². The quantitative estimate of drug-likeness (QED) is 0.361. The second-order valence-electron chi connectivity index (χ2n) is 11.8. The predicted octanol–water partition coefficient (Wildman–Crippen LogP) is 6.69. The van der Waals surface area contributed by atoms with Crippen LogP contribution in [0, 0.1) is 33.6 Å². The van der Waals surface area contributed by atoms with Crippen LogP contribution < -0.4 is 20.3 Å². The SMILES string of the molecule is CC(C)C.COc1cc(N2CCC(N3CCNCC3)CC2)ccc1Nc1ncc(C)c(C)n1.Cc1ccccc1C. The third-order valence-corrected chi connectivity index (χ3v) is 7.58. The maximum Gasteiger partial charge on any atom is 0.227 e. The van der Waals surface area contributed by atoms with E-state index < -0.39 is 0 Å². The monoisotopic (exact) mass is 560 g/mol. The topological polar surface area (TPSA) is 65.6 Å². The van der Waals surface area contributed by atoms with Gasteiger partial charge in [-0.2, -0.15) is 0 Å². The van der Waals surface area contributed by atoms with Crippen molar-refractivity contribution in [2.45, 2.75) is 67.3 Å². The van der Waals surface area contributed by atoms with Crippen molar-refractivity contribution in [3.63, 3.8) is 0 Å². The maximum atomic E-state index is 5.66. The number of benzene rings is 2. The molecule has 2 aliphatic heterocycles. The zero-order valence-corrected chi connectivity index (χ0v) is 26.6. The third kappa shape index (κ3) is 10.3. The lowest BCUT2D eigenvalue weighted by Crippen LogP contribution is -2.52. The molecule has 2 fully saturated rings. The standard InChI is InChI=1S/C22H32N6O.C8H10.C4H10/c1-16-15-24-22(25-17(16)2)26-20-5-4-19(14-21(20)29-3)27-10-6-18(7-11-27)28-12-8-23-9-13-28;1-7-5-3-4-6-8(7)2;1-4(2)3/h4-5,14-15,18,23H,6-13H2,1-3H3,(H,24,25,26);3-6H,1-2H3;4H,1-3H3. The van der Waals surface area contributed by atoms with Crippen molar-refractivity contribution >= 4 is 17.3 Å². The zero-order valence-electron chi connectivity index (χ0n) is 26.6. The van der Waals surface area contributed by atoms with E-state index in [1.54, 1.807) is 7.11 Å². The van der Waals surface area contributed by atoms with E-state index in [4.69, 9.17) is 4.74 Å². The van der Waals surface area contributed by atoms with Gasteiger partial charge in [-0.05, 0) is 75.3 Å². The van der Waals surface area contributed by atoms with Crippen molar-refractivity contribution in [3.8, 4) is 5.75 Å². The molecule has 0 unspecified atom stereocenters. The van der Waals surface area contributed by atoms with Gasteiger partial charge in [0.2, 0.25) is 5.95 Å². The van der Waals surface area contributed by atoms with E-state index in [1.165, 1.54) is 42.7 Å². The molecular weight excluding hydrogens is 508 g/mol. The van der Waals surface area contributed by atoms with Crippen LogP contribution in [0.15, 0.2) is 48.7 Å². The number of aryl methyl sites for hydroxylation is 4. The summed E-state index contributed by atoms with van der Waals surface area (Å²) < 4.78 is 5.66. The molecule has 7 nitrogen and oxygen atoms in total. The molecular formula is C34H52N6O. The molecule has 2 aliphatic rings. The minimum atomic E-state index is 0.594. The second-order valence-corrected chi connectivity index (χ2v) is 11.8. The number of hydrogen-bond donors (Lipinski definition) is 2. The van der Waals surface area contributed by atoms with E-state index in [-0.39, 0.29) is 0 Å². The van der Waals surface area contributed by atoms with Crippen LogP contribution in [0.3, 0.4) is 0 Å². The lowest BCUT2D eigenvalue weighted by atomic mass is 10.0. The van der Waals surface area contributed by atoms with Gasteiger partial charge in [-0.15, -0.1) is 0 Å². The molecule has 3 heterocycles. The minimum Gasteiger partial charge on any atom is -0.494 e. The number of rotatable bonds is 5. The summed E-state index contributed by atoms with van der Waals surface area (Å²) >= 11 is 0. The van der Waals surface area contributed by atoms with Gasteiger partial charge in [0.25, 0.3) is 0 Å². The van der Waals surface area contributed by atoms with Gasteiger partial charge in [0.1, 0.15) is 5.75 Å². The van der Waals surface area contributed by atoms with E-state index in [9.17, 15) is 0 Å². The van der Waals surface area contributed by atoms with Crippen molar-refractivity contribution < 1.29 is 4.74 Å². The van der Waals surface area contributed by atoms with Crippen LogP contribution >= 0.6 is 0 Å². The van der Waals surface area contributed by atoms with Gasteiger partial charge in [0.05, 0.1) is 12.8 Å². The van der Waals surface area contributed by atoms with Gasteiger partial charge in [-0.25, -0.2) is 9.97 Å². The molecule has 0 aliphatic carbocycles. The van der Waals surface area contributed by atoms with E-state index in [1.807, 2.05) is 20.0 Å². The molecule has 3 aromatic rings. The first kappa shape index (κ1) is 32.4. The number of ether oxygens (including phenoxy) is 1. The summed E-state index contributed by atoms with van der Waals surface area (Å²) in [5, 5.41) is 6.74. The van der Waals surface area contributed by atoms with Crippen molar-refractivity contribution in [1.29, 1.82) is 0 Å². The van der Waals surface area contributed by atoms with Crippen LogP contribution in [0.25, 0.3) is 0 Å². The van der Waals surface area contributed by atoms with Crippen molar-refractivity contribution in [2.75, 3.05) is 56.6 Å². The van der Waals surface area contributed by atoms with Crippen LogP contribution in [0.5, 0.6) is 5.75 Å². The van der Waals surface area contributed by atoms with Gasteiger partial charge in [0.15, 0.2) is 0 Å². The molecule has 2 aromatic carbocycles. The summed E-state index contributed by atoms with van der Waals surface area (Å²) in [5.41, 5.74) is 6.90. The van der Waals surface area contributed by atoms with Crippen LogP contribution in [-0.2, 0) is 0 Å². The molecule has 0 spiro atoms. The van der Waals surface area contributed by atoms with E-state index >= 15 is 0 Å². The Morgan fingerprint density at radius 3 is 2.02 bits per heavy atom. The number of nitrogens with one attached hydrogen (secondary N) is 2. The fourth-order valence-corrected chi connectivity index (χ4v) is 4.89. The highest BCUT2D eigenvalue weighted by Gasteiger charge is 2.26. The largest absolute Gasteiger partial charge is 0.494 e. The first-order valence-electron chi connectivity index (χ1n) is 15.1. The van der Waals surface area contributed by atoms with Crippen LogP contribution in [0.4, 0.5) is 17.3 Å². The van der Waals surface area contributed by atoms with Crippen molar-refractivity contribution in [2.24, 2.45) is 5.92 Å². The second kappa shape index (κ2) is 16.3. The fraction of sp³-hybridized carbons (Fsp3) is 0.529. The number of piperazine rings is 1. The Morgan fingerprint density at radius 1 is 0.878 bits per heavy atom. The molecule has 0 saturated carbocycles. The normalized spacial score (nSPS) is 15.9. The first-order valence-corrected chi connectivity index (χ1v) is 15.1. The van der Waals surface area contributed by atoms with E-state index in [2.05, 4.69) is 107 Å². The zero-order chi connectivity index (χ0) is 29.8. The lowest BCUT2D eigenvalue weighted by molar-refractivity contribution is 0.150. The number of aromatic nitrogens is 2. The Labute approximate surface area is 248 Å². The molecule has 0 amide bonds. The Morgan fingerprint density at radius 2 is 1.49 bits per heavy atom. The van der Waals surface area contributed by atoms with Gasteiger partial charge in [-0.1, -0.05) is 45.0 Å². The number of piperidine rings is 1. The lowest BCUT2D eigenvalue weighted by Gasteiger charge is -2.41. The average molecular weight is 561 g/mol. The Kier molecular flexibility index (Phi) is 12.9. The maximum absolute atomic E-state index is 5.66. The molecule has 0 radical (unpaired) electrons. The third-order valence-electron chi connectivity index (χ3n) is 7.58. The first-order chi connectivity index (χ1) is 19.7. The van der Waals surface area contributed by atoms with Crippen LogP contribution in [-0.4, -0.2) is 67.3 Å². The van der Waals surface area contributed by atoms with Gasteiger partial charge in [-0.3, -0.25) is 4.90 Å². The fourth-order valence-electron chi connectivity index (χ4n) is 4.89. The molecule has 41 heavy (non-hydrogen) atoms.